The molecule has 1 amide bonds. The molecule has 0 aliphatic heterocycles. The fourth-order valence-corrected chi connectivity index (χ4v) is 2.64. The number of halogens is 3. The van der Waals surface area contributed by atoms with Gasteiger partial charge in [0.1, 0.15) is 22.7 Å². The molecule has 0 spiro atoms. The highest BCUT2D eigenvalue weighted by Crippen LogP contribution is 2.30. The van der Waals surface area contributed by atoms with Crippen molar-refractivity contribution < 1.29 is 18.0 Å². The van der Waals surface area contributed by atoms with Crippen LogP contribution in [0.5, 0.6) is 0 Å². The number of anilines is 3. The number of aromatic nitrogens is 2. The molecule has 0 aliphatic carbocycles. The van der Waals surface area contributed by atoms with Crippen LogP contribution in [0.4, 0.5) is 30.6 Å². The number of nitrogens with zero attached hydrogens (tertiary/aromatic N) is 3. The molecule has 7 nitrogen and oxygen atoms in total. The van der Waals surface area contributed by atoms with Crippen LogP contribution in [0.25, 0.3) is 0 Å². The molecule has 0 saturated heterocycles. The summed E-state index contributed by atoms with van der Waals surface area (Å²) < 4.78 is 38.3. The minimum atomic E-state index is -4.51. The van der Waals surface area contributed by atoms with E-state index in [4.69, 9.17) is 5.73 Å². The molecular weight excluding hydrogens is 381 g/mol. The highest BCUT2D eigenvalue weighted by Gasteiger charge is 2.30. The number of nitrogens with two attached hydrogens (primary N) is 1. The summed E-state index contributed by atoms with van der Waals surface area (Å²) >= 11 is 1.19. The maximum Gasteiger partial charge on any atom is 0.416 e. The first-order chi connectivity index (χ1) is 12.7. The van der Waals surface area contributed by atoms with Crippen molar-refractivity contribution in [1.82, 2.24) is 9.97 Å². The van der Waals surface area contributed by atoms with E-state index < -0.39 is 23.7 Å². The summed E-state index contributed by atoms with van der Waals surface area (Å²) in [7, 11) is 0. The standard InChI is InChI=1S/C16H15F3N6OS/c1-8(22-12-11(7-20)14(27-2)25-15(21)24-12)13(26)23-10-5-3-4-9(6-10)16(17,18)19/h3-6,8H,1-2H3,(H,23,26)(H3,21,22,24,25). The Labute approximate surface area is 157 Å². The summed E-state index contributed by atoms with van der Waals surface area (Å²) in [6, 6.07) is 5.31. The van der Waals surface area contributed by atoms with Crippen LogP contribution in [0.2, 0.25) is 0 Å². The molecular formula is C16H15F3N6OS. The molecule has 0 radical (unpaired) electrons. The molecule has 0 aliphatic rings. The van der Waals surface area contributed by atoms with Crippen molar-refractivity contribution >= 4 is 35.1 Å². The van der Waals surface area contributed by atoms with Gasteiger partial charge >= 0.3 is 6.18 Å². The van der Waals surface area contributed by atoms with Gasteiger partial charge in [-0.2, -0.15) is 23.4 Å². The van der Waals surface area contributed by atoms with Gasteiger partial charge in [-0.3, -0.25) is 4.79 Å². The number of nitrogens with one attached hydrogen (secondary N) is 2. The quantitative estimate of drug-likeness (QED) is 0.525. The lowest BCUT2D eigenvalue weighted by molar-refractivity contribution is -0.137. The van der Waals surface area contributed by atoms with Crippen LogP contribution in [-0.4, -0.2) is 28.2 Å². The summed E-state index contributed by atoms with van der Waals surface area (Å²) in [6.45, 7) is 1.47. The number of carbonyl (C=O) groups excluding carboxylic acids is 1. The van der Waals surface area contributed by atoms with Crippen LogP contribution in [0.15, 0.2) is 29.3 Å². The van der Waals surface area contributed by atoms with Gasteiger partial charge in [0.15, 0.2) is 5.82 Å². The SMILES string of the molecule is CSc1nc(N)nc(NC(C)C(=O)Nc2cccc(C(F)(F)F)c2)c1C#N. The average Bonchev–Trinajstić information content (AvgIpc) is 2.60. The number of alkyl halides is 3. The number of thioether (sulfide) groups is 1. The van der Waals surface area contributed by atoms with E-state index in [2.05, 4.69) is 20.6 Å². The van der Waals surface area contributed by atoms with E-state index >= 15 is 0 Å². The van der Waals surface area contributed by atoms with Crippen molar-refractivity contribution in [3.05, 3.63) is 35.4 Å². The number of nitriles is 1. The Balaban J connectivity index is 2.18. The van der Waals surface area contributed by atoms with Crippen LogP contribution in [0.3, 0.4) is 0 Å². The van der Waals surface area contributed by atoms with Crippen molar-refractivity contribution in [1.29, 1.82) is 5.26 Å². The summed E-state index contributed by atoms with van der Waals surface area (Å²) in [5, 5.41) is 14.8. The first kappa shape index (κ1) is 20.3. The van der Waals surface area contributed by atoms with Gasteiger partial charge in [-0.25, -0.2) is 4.98 Å². The summed E-state index contributed by atoms with van der Waals surface area (Å²) in [5.41, 5.74) is 4.84. The van der Waals surface area contributed by atoms with E-state index in [-0.39, 0.29) is 23.0 Å². The molecule has 2 aromatic rings. The zero-order valence-corrected chi connectivity index (χ0v) is 15.1. The van der Waals surface area contributed by atoms with Gasteiger partial charge in [-0.05, 0) is 31.4 Å². The predicted octanol–water partition coefficient (Wildman–Crippen LogP) is 3.11. The van der Waals surface area contributed by atoms with Gasteiger partial charge in [0.05, 0.1) is 5.56 Å². The zero-order valence-electron chi connectivity index (χ0n) is 14.3. The molecule has 1 atom stereocenters. The molecule has 1 heterocycles. The first-order valence-electron chi connectivity index (χ1n) is 7.52. The third kappa shape index (κ3) is 5.01. The Hall–Kier alpha value is -3.00. The minimum Gasteiger partial charge on any atom is -0.368 e. The number of nitrogen functional groups attached to an aromatic ring is 1. The number of carbonyl (C=O) groups is 1. The van der Waals surface area contributed by atoms with Crippen LogP contribution >= 0.6 is 11.8 Å². The van der Waals surface area contributed by atoms with Crippen molar-refractivity contribution in [2.24, 2.45) is 0 Å². The molecule has 0 bridgehead atoms. The average molecular weight is 396 g/mol. The molecule has 11 heteroatoms. The smallest absolute Gasteiger partial charge is 0.368 e. The van der Waals surface area contributed by atoms with E-state index in [0.717, 1.165) is 12.1 Å². The van der Waals surface area contributed by atoms with Gasteiger partial charge in [0, 0.05) is 5.69 Å². The Morgan fingerprint density at radius 2 is 2.07 bits per heavy atom. The van der Waals surface area contributed by atoms with Gasteiger partial charge in [-0.1, -0.05) is 6.07 Å². The van der Waals surface area contributed by atoms with Gasteiger partial charge < -0.3 is 16.4 Å². The Bertz CT molecular complexity index is 897. The predicted molar refractivity (Wildman–Crippen MR) is 96.1 cm³/mol. The number of benzene rings is 1. The van der Waals surface area contributed by atoms with E-state index in [0.29, 0.717) is 5.03 Å². The zero-order chi connectivity index (χ0) is 20.2. The lowest BCUT2D eigenvalue weighted by Gasteiger charge is -2.17. The number of hydrogen-bond donors (Lipinski definition) is 3. The monoisotopic (exact) mass is 396 g/mol. The van der Waals surface area contributed by atoms with E-state index in [1.807, 2.05) is 6.07 Å². The van der Waals surface area contributed by atoms with E-state index in [1.54, 1.807) is 6.26 Å². The van der Waals surface area contributed by atoms with Crippen LogP contribution < -0.4 is 16.4 Å². The van der Waals surface area contributed by atoms with Crippen molar-refractivity contribution in [2.75, 3.05) is 22.6 Å². The maximum absolute atomic E-state index is 12.8. The number of hydrogen-bond acceptors (Lipinski definition) is 7. The third-order valence-corrected chi connectivity index (χ3v) is 4.08. The Kier molecular flexibility index (Phi) is 6.12. The molecule has 1 unspecified atom stereocenters. The van der Waals surface area contributed by atoms with E-state index in [1.165, 1.54) is 30.8 Å². The maximum atomic E-state index is 12.8. The van der Waals surface area contributed by atoms with Crippen molar-refractivity contribution in [3.8, 4) is 6.07 Å². The normalized spacial score (nSPS) is 12.1. The van der Waals surface area contributed by atoms with Crippen LogP contribution in [-0.2, 0) is 11.0 Å². The van der Waals surface area contributed by atoms with Crippen LogP contribution in [0.1, 0.15) is 18.1 Å². The fourth-order valence-electron chi connectivity index (χ4n) is 2.10. The largest absolute Gasteiger partial charge is 0.416 e. The second kappa shape index (κ2) is 8.13. The third-order valence-electron chi connectivity index (χ3n) is 3.40. The van der Waals surface area contributed by atoms with Gasteiger partial charge in [0.2, 0.25) is 11.9 Å². The first-order valence-corrected chi connectivity index (χ1v) is 8.74. The molecule has 1 aromatic heterocycles. The van der Waals surface area contributed by atoms with Crippen molar-refractivity contribution in [2.45, 2.75) is 24.2 Å². The number of amides is 1. The molecule has 0 saturated carbocycles. The van der Waals surface area contributed by atoms with Gasteiger partial charge in [-0.15, -0.1) is 11.8 Å². The molecule has 0 fully saturated rings. The number of rotatable bonds is 5. The highest BCUT2D eigenvalue weighted by molar-refractivity contribution is 7.98. The molecule has 142 valence electrons. The fraction of sp³-hybridized carbons (Fsp3) is 0.250. The highest BCUT2D eigenvalue weighted by atomic mass is 32.2. The lowest BCUT2D eigenvalue weighted by atomic mass is 10.2. The molecule has 27 heavy (non-hydrogen) atoms. The second-order valence-corrected chi connectivity index (χ2v) is 6.16. The molecule has 4 N–H and O–H groups in total. The summed E-state index contributed by atoms with van der Waals surface area (Å²) in [5.74, 6) is -0.617. The molecule has 1 aromatic carbocycles. The topological polar surface area (TPSA) is 117 Å². The van der Waals surface area contributed by atoms with Crippen LogP contribution in [0, 0.1) is 11.3 Å². The lowest BCUT2D eigenvalue weighted by Crippen LogP contribution is -2.32. The minimum absolute atomic E-state index is 0.00372. The summed E-state index contributed by atoms with van der Waals surface area (Å²) in [4.78, 5) is 20.2. The Morgan fingerprint density at radius 1 is 1.37 bits per heavy atom. The van der Waals surface area contributed by atoms with E-state index in [9.17, 15) is 23.2 Å². The van der Waals surface area contributed by atoms with Crippen molar-refractivity contribution in [3.63, 3.8) is 0 Å². The summed E-state index contributed by atoms with van der Waals surface area (Å²) in [6.07, 6.45) is -2.81. The molecule has 2 rings (SSSR count). The second-order valence-electron chi connectivity index (χ2n) is 5.36. The Morgan fingerprint density at radius 3 is 2.67 bits per heavy atom. The van der Waals surface area contributed by atoms with Gasteiger partial charge in [0.25, 0.3) is 0 Å².